The highest BCUT2D eigenvalue weighted by Gasteiger charge is 2.54. The molecule has 0 saturated heterocycles. The quantitative estimate of drug-likeness (QED) is 0.705. The Kier molecular flexibility index (Phi) is 3.27. The molecule has 3 aromatic rings. The molecular formula is C20H14FN5O2. The van der Waals surface area contributed by atoms with Gasteiger partial charge in [0.2, 0.25) is 5.54 Å². The van der Waals surface area contributed by atoms with E-state index in [1.807, 2.05) is 6.07 Å². The smallest absolute Gasteiger partial charge is 0.266 e. The molecule has 1 atom stereocenters. The SMILES string of the molecule is CN1C(=O)C2(N=C1N)c1cc(F)ccc1Oc1ccc(-c3cncnc3)cc12. The van der Waals surface area contributed by atoms with Gasteiger partial charge in [-0.2, -0.15) is 0 Å². The molecule has 3 heterocycles. The van der Waals surface area contributed by atoms with Gasteiger partial charge in [0.1, 0.15) is 23.6 Å². The third kappa shape index (κ3) is 2.08. The number of hydrogen-bond acceptors (Lipinski definition) is 6. The number of ether oxygens (including phenoxy) is 1. The van der Waals surface area contributed by atoms with Crippen molar-refractivity contribution in [1.29, 1.82) is 0 Å². The zero-order valence-corrected chi connectivity index (χ0v) is 14.8. The maximum Gasteiger partial charge on any atom is 0.266 e. The summed E-state index contributed by atoms with van der Waals surface area (Å²) in [4.78, 5) is 27.1. The number of guanidine groups is 1. The van der Waals surface area contributed by atoms with Crippen molar-refractivity contribution >= 4 is 11.9 Å². The summed E-state index contributed by atoms with van der Waals surface area (Å²) >= 11 is 0. The Balaban J connectivity index is 1.82. The topological polar surface area (TPSA) is 93.7 Å². The fourth-order valence-electron chi connectivity index (χ4n) is 3.66. The van der Waals surface area contributed by atoms with Crippen LogP contribution in [0.5, 0.6) is 11.5 Å². The number of nitrogens with zero attached hydrogens (tertiary/aromatic N) is 4. The summed E-state index contributed by atoms with van der Waals surface area (Å²) in [6.07, 6.45) is 4.77. The summed E-state index contributed by atoms with van der Waals surface area (Å²) < 4.78 is 20.0. The Bertz CT molecular complexity index is 1160. The van der Waals surface area contributed by atoms with Gasteiger partial charge in [0.25, 0.3) is 5.91 Å². The van der Waals surface area contributed by atoms with E-state index in [1.54, 1.807) is 31.6 Å². The summed E-state index contributed by atoms with van der Waals surface area (Å²) in [5, 5.41) is 0. The first-order valence-corrected chi connectivity index (χ1v) is 8.52. The molecule has 7 nitrogen and oxygen atoms in total. The number of carbonyl (C=O) groups excluding carboxylic acids is 1. The molecule has 1 amide bonds. The first-order valence-electron chi connectivity index (χ1n) is 8.52. The van der Waals surface area contributed by atoms with Crippen molar-refractivity contribution in [3.05, 3.63) is 72.1 Å². The third-order valence-electron chi connectivity index (χ3n) is 5.05. The van der Waals surface area contributed by atoms with Gasteiger partial charge in [0, 0.05) is 36.1 Å². The number of nitrogens with two attached hydrogens (primary N) is 1. The summed E-state index contributed by atoms with van der Waals surface area (Å²) in [5.74, 6) is 0.0167. The van der Waals surface area contributed by atoms with Crippen molar-refractivity contribution in [2.75, 3.05) is 7.05 Å². The second kappa shape index (κ2) is 5.59. The number of benzene rings is 2. The number of amides is 1. The lowest BCUT2D eigenvalue weighted by molar-refractivity contribution is -0.129. The van der Waals surface area contributed by atoms with E-state index in [1.165, 1.54) is 29.4 Å². The van der Waals surface area contributed by atoms with Gasteiger partial charge in [-0.15, -0.1) is 0 Å². The number of likely N-dealkylation sites (N-methyl/N-ethyl adjacent to an activating group) is 1. The third-order valence-corrected chi connectivity index (χ3v) is 5.05. The van der Waals surface area contributed by atoms with Crippen LogP contribution in [0.2, 0.25) is 0 Å². The number of hydrogen-bond donors (Lipinski definition) is 1. The predicted octanol–water partition coefficient (Wildman–Crippen LogP) is 2.42. The van der Waals surface area contributed by atoms with Gasteiger partial charge in [-0.25, -0.2) is 19.4 Å². The van der Waals surface area contributed by atoms with E-state index in [0.717, 1.165) is 11.1 Å². The Hall–Kier alpha value is -3.81. The molecule has 2 aliphatic heterocycles. The van der Waals surface area contributed by atoms with E-state index >= 15 is 0 Å². The second-order valence-corrected chi connectivity index (χ2v) is 6.63. The fourth-order valence-corrected chi connectivity index (χ4v) is 3.66. The number of aliphatic imine (C=N–C) groups is 1. The molecule has 0 aliphatic carbocycles. The fraction of sp³-hybridized carbons (Fsp3) is 0.100. The van der Waals surface area contributed by atoms with Crippen LogP contribution in [0.4, 0.5) is 4.39 Å². The van der Waals surface area contributed by atoms with E-state index in [2.05, 4.69) is 15.0 Å². The van der Waals surface area contributed by atoms with Crippen molar-refractivity contribution in [1.82, 2.24) is 14.9 Å². The van der Waals surface area contributed by atoms with Crippen LogP contribution in [-0.2, 0) is 10.3 Å². The molecule has 0 fully saturated rings. The Labute approximate surface area is 159 Å². The molecule has 1 unspecified atom stereocenters. The molecule has 0 bridgehead atoms. The standard InChI is InChI=1S/C20H14FN5O2/c1-26-18(27)20(25-19(26)22)14-6-11(12-8-23-10-24-9-12)2-4-16(14)28-17-5-3-13(21)7-15(17)20/h2-10H,1H3,(H2,22,25). The normalized spacial score (nSPS) is 19.9. The Morgan fingerprint density at radius 2 is 1.71 bits per heavy atom. The molecule has 0 saturated carbocycles. The Morgan fingerprint density at radius 1 is 1.04 bits per heavy atom. The van der Waals surface area contributed by atoms with Crippen molar-refractivity contribution in [2.45, 2.75) is 5.54 Å². The van der Waals surface area contributed by atoms with Crippen LogP contribution in [0.3, 0.4) is 0 Å². The highest BCUT2D eigenvalue weighted by atomic mass is 19.1. The predicted molar refractivity (Wildman–Crippen MR) is 99.1 cm³/mol. The van der Waals surface area contributed by atoms with Gasteiger partial charge in [-0.3, -0.25) is 9.69 Å². The molecular weight excluding hydrogens is 361 g/mol. The van der Waals surface area contributed by atoms with Gasteiger partial charge < -0.3 is 10.5 Å². The molecule has 138 valence electrons. The van der Waals surface area contributed by atoms with E-state index in [0.29, 0.717) is 22.6 Å². The second-order valence-electron chi connectivity index (χ2n) is 6.63. The van der Waals surface area contributed by atoms with E-state index < -0.39 is 11.4 Å². The minimum Gasteiger partial charge on any atom is -0.457 e. The van der Waals surface area contributed by atoms with Crippen molar-refractivity contribution < 1.29 is 13.9 Å². The molecule has 0 radical (unpaired) electrons. The number of fused-ring (bicyclic) bond motifs is 4. The van der Waals surface area contributed by atoms with Gasteiger partial charge in [0.15, 0.2) is 5.96 Å². The van der Waals surface area contributed by atoms with Crippen LogP contribution in [0.1, 0.15) is 11.1 Å². The van der Waals surface area contributed by atoms with Gasteiger partial charge in [-0.05, 0) is 35.9 Å². The maximum atomic E-state index is 14.1. The zero-order valence-electron chi connectivity index (χ0n) is 14.8. The van der Waals surface area contributed by atoms with Crippen LogP contribution < -0.4 is 10.5 Å². The lowest BCUT2D eigenvalue weighted by atomic mass is 9.79. The molecule has 1 aromatic heterocycles. The zero-order chi connectivity index (χ0) is 19.5. The van der Waals surface area contributed by atoms with Crippen molar-refractivity contribution in [2.24, 2.45) is 10.7 Å². The van der Waals surface area contributed by atoms with Gasteiger partial charge >= 0.3 is 0 Å². The molecule has 2 aromatic carbocycles. The van der Waals surface area contributed by atoms with Crippen LogP contribution in [0.15, 0.2) is 60.1 Å². The maximum absolute atomic E-state index is 14.1. The lowest BCUT2D eigenvalue weighted by Crippen LogP contribution is -2.42. The number of carbonyl (C=O) groups is 1. The van der Waals surface area contributed by atoms with E-state index in [-0.39, 0.29) is 11.9 Å². The highest BCUT2D eigenvalue weighted by molar-refractivity contribution is 6.10. The van der Waals surface area contributed by atoms with Crippen LogP contribution in [0.25, 0.3) is 11.1 Å². The molecule has 1 spiro atoms. The molecule has 5 rings (SSSR count). The lowest BCUT2D eigenvalue weighted by Gasteiger charge is -2.33. The summed E-state index contributed by atoms with van der Waals surface area (Å²) in [6, 6.07) is 9.42. The number of rotatable bonds is 1. The van der Waals surface area contributed by atoms with Gasteiger partial charge in [0.05, 0.1) is 0 Å². The first-order chi connectivity index (χ1) is 13.5. The summed E-state index contributed by atoms with van der Waals surface area (Å²) in [5.41, 5.74) is 6.82. The summed E-state index contributed by atoms with van der Waals surface area (Å²) in [7, 11) is 1.54. The average Bonchev–Trinajstić information content (AvgIpc) is 2.94. The highest BCUT2D eigenvalue weighted by Crippen LogP contribution is 2.52. The minimum absolute atomic E-state index is 0.0570. The Morgan fingerprint density at radius 3 is 2.39 bits per heavy atom. The van der Waals surface area contributed by atoms with Crippen molar-refractivity contribution in [3.63, 3.8) is 0 Å². The molecule has 28 heavy (non-hydrogen) atoms. The van der Waals surface area contributed by atoms with E-state index in [9.17, 15) is 9.18 Å². The number of halogens is 1. The van der Waals surface area contributed by atoms with Gasteiger partial charge in [-0.1, -0.05) is 6.07 Å². The van der Waals surface area contributed by atoms with Crippen LogP contribution in [0, 0.1) is 5.82 Å². The molecule has 2 aliphatic rings. The molecule has 2 N–H and O–H groups in total. The van der Waals surface area contributed by atoms with Crippen LogP contribution in [-0.4, -0.2) is 33.8 Å². The largest absolute Gasteiger partial charge is 0.457 e. The van der Waals surface area contributed by atoms with E-state index in [4.69, 9.17) is 10.5 Å². The van der Waals surface area contributed by atoms with Crippen molar-refractivity contribution in [3.8, 4) is 22.6 Å². The average molecular weight is 375 g/mol. The number of aromatic nitrogens is 2. The minimum atomic E-state index is -1.50. The molecule has 8 heteroatoms. The monoisotopic (exact) mass is 375 g/mol. The first kappa shape index (κ1) is 16.4. The summed E-state index contributed by atoms with van der Waals surface area (Å²) in [6.45, 7) is 0. The van der Waals surface area contributed by atoms with Crippen LogP contribution >= 0.6 is 0 Å².